The van der Waals surface area contributed by atoms with Gasteiger partial charge in [0.1, 0.15) is 5.00 Å². The van der Waals surface area contributed by atoms with Crippen LogP contribution in [0.3, 0.4) is 0 Å². The van der Waals surface area contributed by atoms with E-state index in [2.05, 4.69) is 10.6 Å². The Labute approximate surface area is 174 Å². The molecular formula is C21H26N3O4S+. The third-order valence-corrected chi connectivity index (χ3v) is 5.51. The van der Waals surface area contributed by atoms with Crippen molar-refractivity contribution in [1.29, 1.82) is 0 Å². The second kappa shape index (κ2) is 9.67. The smallest absolute Gasteiger partial charge is 0.341 e. The fraction of sp³-hybridized carbons (Fsp3) is 0.381. The number of thiophene rings is 1. The van der Waals surface area contributed by atoms with E-state index in [0.717, 1.165) is 28.2 Å². The van der Waals surface area contributed by atoms with Crippen LogP contribution in [0, 0.1) is 0 Å². The van der Waals surface area contributed by atoms with Crippen molar-refractivity contribution in [2.75, 3.05) is 32.1 Å². The Bertz CT molecular complexity index is 877. The van der Waals surface area contributed by atoms with E-state index in [4.69, 9.17) is 4.74 Å². The zero-order valence-electron chi connectivity index (χ0n) is 16.6. The van der Waals surface area contributed by atoms with Gasteiger partial charge in [-0.2, -0.15) is 0 Å². The van der Waals surface area contributed by atoms with Crippen LogP contribution in [0.2, 0.25) is 0 Å². The topological polar surface area (TPSA) is 88.9 Å². The van der Waals surface area contributed by atoms with Gasteiger partial charge >= 0.3 is 5.97 Å². The quantitative estimate of drug-likeness (QED) is 0.538. The van der Waals surface area contributed by atoms with Crippen molar-refractivity contribution in [3.8, 4) is 10.4 Å². The highest BCUT2D eigenvalue weighted by Gasteiger charge is 2.25. The Balaban J connectivity index is 1.67. The molecule has 3 N–H and O–H groups in total. The molecule has 1 unspecified atom stereocenters. The Morgan fingerprint density at radius 2 is 1.83 bits per heavy atom. The highest BCUT2D eigenvalue weighted by molar-refractivity contribution is 7.20. The summed E-state index contributed by atoms with van der Waals surface area (Å²) < 4.78 is 5.13. The Kier molecular flexibility index (Phi) is 7.00. The van der Waals surface area contributed by atoms with Gasteiger partial charge in [-0.25, -0.2) is 4.79 Å². The summed E-state index contributed by atoms with van der Waals surface area (Å²) in [7, 11) is 1.79. The van der Waals surface area contributed by atoms with Crippen LogP contribution in [-0.4, -0.2) is 50.6 Å². The predicted molar refractivity (Wildman–Crippen MR) is 112 cm³/mol. The number of carbonyl (C=O) groups is 3. The summed E-state index contributed by atoms with van der Waals surface area (Å²) in [6.45, 7) is 2.35. The second-order valence-electron chi connectivity index (χ2n) is 7.14. The number of rotatable bonds is 9. The standard InChI is InChI=1S/C21H25N3O4S/c1-3-28-21(27)16-11-17(14-7-5-4-6-8-14)29-20(16)23-19(26)13-24(2)12-18(25)22-15-9-10-15/h4-8,11,15H,3,9-10,12-13H2,1-2H3,(H,22,25)(H,23,26)/p+1. The Hall–Kier alpha value is -2.71. The van der Waals surface area contributed by atoms with Crippen LogP contribution in [0.25, 0.3) is 10.4 Å². The predicted octanol–water partition coefficient (Wildman–Crippen LogP) is 1.32. The molecule has 2 aromatic rings. The molecule has 0 bridgehead atoms. The fourth-order valence-corrected chi connectivity index (χ4v) is 3.94. The Morgan fingerprint density at radius 3 is 2.48 bits per heavy atom. The Morgan fingerprint density at radius 1 is 1.14 bits per heavy atom. The first-order chi connectivity index (χ1) is 14.0. The lowest BCUT2D eigenvalue weighted by Gasteiger charge is -2.13. The van der Waals surface area contributed by atoms with Crippen LogP contribution in [-0.2, 0) is 14.3 Å². The van der Waals surface area contributed by atoms with Crippen molar-refractivity contribution < 1.29 is 24.0 Å². The van der Waals surface area contributed by atoms with Crippen molar-refractivity contribution in [3.63, 3.8) is 0 Å². The molecule has 7 nitrogen and oxygen atoms in total. The second-order valence-corrected chi connectivity index (χ2v) is 8.19. The molecule has 1 atom stereocenters. The first-order valence-electron chi connectivity index (χ1n) is 9.73. The molecule has 1 aromatic heterocycles. The number of anilines is 1. The number of nitrogens with one attached hydrogen (secondary N) is 3. The SMILES string of the molecule is CCOC(=O)c1cc(-c2ccccc2)sc1NC(=O)C[NH+](C)CC(=O)NC1CC1. The molecule has 1 aromatic carbocycles. The molecule has 2 amide bonds. The van der Waals surface area contributed by atoms with Crippen LogP contribution in [0.5, 0.6) is 0 Å². The lowest BCUT2D eigenvalue weighted by Crippen LogP contribution is -3.11. The number of hydrogen-bond donors (Lipinski definition) is 3. The van der Waals surface area contributed by atoms with Crippen molar-refractivity contribution in [2.45, 2.75) is 25.8 Å². The van der Waals surface area contributed by atoms with Gasteiger partial charge in [-0.15, -0.1) is 11.3 Å². The minimum atomic E-state index is -0.467. The van der Waals surface area contributed by atoms with Gasteiger partial charge in [0, 0.05) is 10.9 Å². The van der Waals surface area contributed by atoms with E-state index in [1.807, 2.05) is 30.3 Å². The minimum absolute atomic E-state index is 0.0486. The first kappa shape index (κ1) is 21.0. The van der Waals surface area contributed by atoms with E-state index in [0.29, 0.717) is 16.6 Å². The molecule has 1 aliphatic rings. The summed E-state index contributed by atoms with van der Waals surface area (Å²) >= 11 is 1.33. The molecule has 3 rings (SSSR count). The van der Waals surface area contributed by atoms with Crippen molar-refractivity contribution in [1.82, 2.24) is 5.32 Å². The largest absolute Gasteiger partial charge is 0.462 e. The van der Waals surface area contributed by atoms with Gasteiger partial charge in [0.05, 0.1) is 19.2 Å². The van der Waals surface area contributed by atoms with Crippen LogP contribution in [0.1, 0.15) is 30.1 Å². The summed E-state index contributed by atoms with van der Waals surface area (Å²) in [4.78, 5) is 38.4. The lowest BCUT2D eigenvalue weighted by molar-refractivity contribution is -0.862. The van der Waals surface area contributed by atoms with Crippen LogP contribution >= 0.6 is 11.3 Å². The summed E-state index contributed by atoms with van der Waals surface area (Å²) in [5.74, 6) is -0.771. The van der Waals surface area contributed by atoms with Gasteiger partial charge in [0.25, 0.3) is 11.8 Å². The first-order valence-corrected chi connectivity index (χ1v) is 10.5. The average molecular weight is 417 g/mol. The molecule has 1 heterocycles. The summed E-state index contributed by atoms with van der Waals surface area (Å²) in [6, 6.07) is 11.7. The molecule has 0 aliphatic heterocycles. The van der Waals surface area contributed by atoms with E-state index in [9.17, 15) is 14.4 Å². The lowest BCUT2D eigenvalue weighted by atomic mass is 10.1. The molecule has 154 valence electrons. The zero-order chi connectivity index (χ0) is 20.8. The number of ether oxygens (including phenoxy) is 1. The molecule has 0 spiro atoms. The monoisotopic (exact) mass is 416 g/mol. The summed E-state index contributed by atoms with van der Waals surface area (Å²) in [5.41, 5.74) is 1.30. The minimum Gasteiger partial charge on any atom is -0.462 e. The van der Waals surface area contributed by atoms with Crippen molar-refractivity contribution >= 4 is 34.1 Å². The molecule has 1 aliphatic carbocycles. The third kappa shape index (κ3) is 6.13. The van der Waals surface area contributed by atoms with Crippen LogP contribution in [0.15, 0.2) is 36.4 Å². The number of amides is 2. The average Bonchev–Trinajstić information content (AvgIpc) is 3.38. The van der Waals surface area contributed by atoms with E-state index in [1.54, 1.807) is 20.0 Å². The molecule has 0 saturated heterocycles. The molecule has 1 fully saturated rings. The molecule has 0 radical (unpaired) electrons. The molecule has 1 saturated carbocycles. The number of carbonyl (C=O) groups excluding carboxylic acids is 3. The van der Waals surface area contributed by atoms with E-state index in [1.165, 1.54) is 11.3 Å². The maximum absolute atomic E-state index is 12.5. The summed E-state index contributed by atoms with van der Waals surface area (Å²) in [5, 5.41) is 6.20. The maximum atomic E-state index is 12.5. The van der Waals surface area contributed by atoms with Gasteiger partial charge in [-0.05, 0) is 31.4 Å². The van der Waals surface area contributed by atoms with E-state index < -0.39 is 5.97 Å². The molecular weight excluding hydrogens is 390 g/mol. The zero-order valence-corrected chi connectivity index (χ0v) is 17.4. The highest BCUT2D eigenvalue weighted by Crippen LogP contribution is 2.35. The van der Waals surface area contributed by atoms with Crippen LogP contribution in [0.4, 0.5) is 5.00 Å². The van der Waals surface area contributed by atoms with Crippen molar-refractivity contribution in [2.24, 2.45) is 0 Å². The van der Waals surface area contributed by atoms with Crippen molar-refractivity contribution in [3.05, 3.63) is 42.0 Å². The van der Waals surface area contributed by atoms with E-state index in [-0.39, 0.29) is 31.5 Å². The number of esters is 1. The maximum Gasteiger partial charge on any atom is 0.341 e. The third-order valence-electron chi connectivity index (χ3n) is 4.41. The number of benzene rings is 1. The fourth-order valence-electron chi connectivity index (χ4n) is 2.88. The number of quaternary nitrogens is 1. The van der Waals surface area contributed by atoms with Crippen LogP contribution < -0.4 is 15.5 Å². The van der Waals surface area contributed by atoms with Gasteiger partial charge in [-0.3, -0.25) is 9.59 Å². The number of hydrogen-bond acceptors (Lipinski definition) is 5. The van der Waals surface area contributed by atoms with Gasteiger partial charge < -0.3 is 20.3 Å². The molecule has 8 heteroatoms. The highest BCUT2D eigenvalue weighted by atomic mass is 32.1. The number of likely N-dealkylation sites (N-methyl/N-ethyl adjacent to an activating group) is 1. The summed E-state index contributed by atoms with van der Waals surface area (Å²) in [6.07, 6.45) is 2.06. The molecule has 29 heavy (non-hydrogen) atoms. The van der Waals surface area contributed by atoms with Gasteiger partial charge in [0.2, 0.25) is 0 Å². The van der Waals surface area contributed by atoms with Gasteiger partial charge in [0.15, 0.2) is 13.1 Å². The normalized spacial score (nSPS) is 14.1. The van der Waals surface area contributed by atoms with E-state index >= 15 is 0 Å². The van der Waals surface area contributed by atoms with Gasteiger partial charge in [-0.1, -0.05) is 30.3 Å².